The molecule has 0 radical (unpaired) electrons. The Hall–Kier alpha value is -1.52. The minimum Gasteiger partial charge on any atom is -0.359 e. The van der Waals surface area contributed by atoms with Crippen molar-refractivity contribution < 1.29 is 9.32 Å². The molecule has 25 heavy (non-hydrogen) atoms. The van der Waals surface area contributed by atoms with Crippen LogP contribution in [0, 0.1) is 0 Å². The second-order valence-corrected chi connectivity index (χ2v) is 8.38. The molecule has 0 aliphatic heterocycles. The highest BCUT2D eigenvalue weighted by Crippen LogP contribution is 2.24. The lowest BCUT2D eigenvalue weighted by atomic mass is 9.93. The van der Waals surface area contributed by atoms with Crippen molar-refractivity contribution >= 4 is 11.8 Å². The van der Waals surface area contributed by atoms with Crippen molar-refractivity contribution in [3.05, 3.63) is 11.8 Å². The van der Waals surface area contributed by atoms with E-state index < -0.39 is 0 Å². The first kappa shape index (κ1) is 19.8. The molecule has 2 rings (SSSR count). The summed E-state index contributed by atoms with van der Waals surface area (Å²) in [5, 5.41) is 9.90. The van der Waals surface area contributed by atoms with Gasteiger partial charge in [0.25, 0.3) is 0 Å². The van der Waals surface area contributed by atoms with Crippen LogP contribution in [0.2, 0.25) is 0 Å². The summed E-state index contributed by atoms with van der Waals surface area (Å²) in [4.78, 5) is 12.3. The highest BCUT2D eigenvalue weighted by Gasteiger charge is 2.21. The summed E-state index contributed by atoms with van der Waals surface area (Å²) in [5.74, 6) is 1.25. The average molecular weight is 350 g/mol. The first-order valence-corrected chi connectivity index (χ1v) is 10.00. The first-order chi connectivity index (χ1) is 11.9. The predicted octanol–water partition coefficient (Wildman–Crippen LogP) is 5.77. The molecule has 1 aromatic heterocycles. The Morgan fingerprint density at radius 3 is 2.00 bits per heavy atom. The van der Waals surface area contributed by atoms with Gasteiger partial charge in [-0.1, -0.05) is 83.7 Å². The Balaban J connectivity index is 1.82. The van der Waals surface area contributed by atoms with E-state index in [0.717, 1.165) is 18.6 Å². The average Bonchev–Trinajstić information content (AvgIpc) is 2.98. The first-order valence-electron chi connectivity index (χ1n) is 10.00. The number of amides is 2. The molecule has 1 aliphatic rings. The zero-order valence-corrected chi connectivity index (χ0v) is 16.2. The predicted molar refractivity (Wildman–Crippen MR) is 102 cm³/mol. The van der Waals surface area contributed by atoms with E-state index in [1.807, 2.05) is 0 Å². The number of rotatable bonds is 2. The van der Waals surface area contributed by atoms with Gasteiger partial charge in [-0.05, 0) is 12.8 Å². The summed E-state index contributed by atoms with van der Waals surface area (Å²) in [6.45, 7) is 6.17. The van der Waals surface area contributed by atoms with E-state index in [-0.39, 0.29) is 17.5 Å². The van der Waals surface area contributed by atoms with Gasteiger partial charge in [-0.25, -0.2) is 4.79 Å². The van der Waals surface area contributed by atoms with Gasteiger partial charge in [0, 0.05) is 17.5 Å². The standard InChI is InChI=1S/C20H35N3O2/c1-20(2,3)17-15-18(23-25-17)22-19(24)21-16-13-11-9-7-5-4-6-8-10-12-14-16/h15-16H,4-14H2,1-3H3,(H2,21,22,23,24). The second kappa shape index (κ2) is 9.83. The van der Waals surface area contributed by atoms with Gasteiger partial charge >= 0.3 is 6.03 Å². The zero-order chi connectivity index (χ0) is 18.1. The van der Waals surface area contributed by atoms with Crippen LogP contribution in [0.25, 0.3) is 0 Å². The van der Waals surface area contributed by atoms with E-state index in [9.17, 15) is 4.79 Å². The number of hydrogen-bond donors (Lipinski definition) is 2. The largest absolute Gasteiger partial charge is 0.359 e. The van der Waals surface area contributed by atoms with Gasteiger partial charge in [-0.2, -0.15) is 0 Å². The van der Waals surface area contributed by atoms with Crippen molar-refractivity contribution in [2.75, 3.05) is 5.32 Å². The molecular formula is C20H35N3O2. The fraction of sp³-hybridized carbons (Fsp3) is 0.800. The molecular weight excluding hydrogens is 314 g/mol. The van der Waals surface area contributed by atoms with Crippen LogP contribution in [0.1, 0.15) is 97.2 Å². The van der Waals surface area contributed by atoms with Crippen LogP contribution in [-0.2, 0) is 5.41 Å². The second-order valence-electron chi connectivity index (χ2n) is 8.38. The van der Waals surface area contributed by atoms with Crippen LogP contribution in [0.4, 0.5) is 10.6 Å². The molecule has 2 amide bonds. The Bertz CT molecular complexity index is 507. The lowest BCUT2D eigenvalue weighted by Gasteiger charge is -2.19. The van der Waals surface area contributed by atoms with Gasteiger partial charge in [0.05, 0.1) is 0 Å². The lowest BCUT2D eigenvalue weighted by molar-refractivity contribution is 0.245. The molecule has 5 heteroatoms. The molecule has 1 aliphatic carbocycles. The normalized spacial score (nSPS) is 18.8. The summed E-state index contributed by atoms with van der Waals surface area (Å²) in [6.07, 6.45) is 13.8. The molecule has 0 spiro atoms. The third-order valence-corrected chi connectivity index (χ3v) is 4.93. The van der Waals surface area contributed by atoms with Crippen molar-refractivity contribution in [1.82, 2.24) is 10.5 Å². The number of carbonyl (C=O) groups excluding carboxylic acids is 1. The van der Waals surface area contributed by atoms with Gasteiger partial charge in [0.2, 0.25) is 0 Å². The number of carbonyl (C=O) groups is 1. The van der Waals surface area contributed by atoms with Crippen molar-refractivity contribution in [3.8, 4) is 0 Å². The third kappa shape index (κ3) is 7.49. The highest BCUT2D eigenvalue weighted by atomic mass is 16.5. The molecule has 0 aromatic carbocycles. The Morgan fingerprint density at radius 1 is 1.00 bits per heavy atom. The van der Waals surface area contributed by atoms with E-state index in [1.54, 1.807) is 6.07 Å². The summed E-state index contributed by atoms with van der Waals surface area (Å²) >= 11 is 0. The van der Waals surface area contributed by atoms with Gasteiger partial charge in [-0.3, -0.25) is 5.32 Å². The number of urea groups is 1. The molecule has 1 heterocycles. The molecule has 0 bridgehead atoms. The van der Waals surface area contributed by atoms with Crippen molar-refractivity contribution in [1.29, 1.82) is 0 Å². The molecule has 0 saturated heterocycles. The van der Waals surface area contributed by atoms with Crippen LogP contribution in [0.3, 0.4) is 0 Å². The van der Waals surface area contributed by atoms with E-state index in [4.69, 9.17) is 4.52 Å². The quantitative estimate of drug-likeness (QED) is 0.712. The number of nitrogens with one attached hydrogen (secondary N) is 2. The molecule has 1 fully saturated rings. The minimum atomic E-state index is -0.175. The van der Waals surface area contributed by atoms with Crippen molar-refractivity contribution in [2.45, 2.75) is 103 Å². The van der Waals surface area contributed by atoms with Gasteiger partial charge < -0.3 is 9.84 Å². The SMILES string of the molecule is CC(C)(C)c1cc(NC(=O)NC2CCCCCCCCCCC2)no1. The number of nitrogens with zero attached hydrogens (tertiary/aromatic N) is 1. The Kier molecular flexibility index (Phi) is 7.79. The zero-order valence-electron chi connectivity index (χ0n) is 16.2. The van der Waals surface area contributed by atoms with E-state index >= 15 is 0 Å². The number of anilines is 1. The summed E-state index contributed by atoms with van der Waals surface area (Å²) < 4.78 is 5.32. The summed E-state index contributed by atoms with van der Waals surface area (Å²) in [6, 6.07) is 1.89. The third-order valence-electron chi connectivity index (χ3n) is 4.93. The van der Waals surface area contributed by atoms with Crippen LogP contribution in [0.15, 0.2) is 10.6 Å². The van der Waals surface area contributed by atoms with Gasteiger partial charge in [0.15, 0.2) is 5.82 Å². The number of aromatic nitrogens is 1. The maximum atomic E-state index is 12.3. The molecule has 1 aromatic rings. The Morgan fingerprint density at radius 2 is 1.52 bits per heavy atom. The van der Waals surface area contributed by atoms with Gasteiger partial charge in [0.1, 0.15) is 5.76 Å². The lowest BCUT2D eigenvalue weighted by Crippen LogP contribution is -2.38. The summed E-state index contributed by atoms with van der Waals surface area (Å²) in [5.41, 5.74) is -0.114. The van der Waals surface area contributed by atoms with Crippen LogP contribution in [-0.4, -0.2) is 17.2 Å². The molecule has 142 valence electrons. The topological polar surface area (TPSA) is 67.2 Å². The van der Waals surface area contributed by atoms with Crippen LogP contribution >= 0.6 is 0 Å². The smallest absolute Gasteiger partial charge is 0.320 e. The maximum Gasteiger partial charge on any atom is 0.320 e. The number of hydrogen-bond acceptors (Lipinski definition) is 3. The molecule has 0 atom stereocenters. The highest BCUT2D eigenvalue weighted by molar-refractivity contribution is 5.88. The molecule has 1 saturated carbocycles. The maximum absolute atomic E-state index is 12.3. The molecule has 0 unspecified atom stereocenters. The van der Waals surface area contributed by atoms with Gasteiger partial charge in [-0.15, -0.1) is 0 Å². The molecule has 2 N–H and O–H groups in total. The molecule has 5 nitrogen and oxygen atoms in total. The Labute approximate surface area is 152 Å². The summed E-state index contributed by atoms with van der Waals surface area (Å²) in [7, 11) is 0. The van der Waals surface area contributed by atoms with Crippen LogP contribution in [0.5, 0.6) is 0 Å². The minimum absolute atomic E-state index is 0.114. The fourth-order valence-corrected chi connectivity index (χ4v) is 3.33. The monoisotopic (exact) mass is 349 g/mol. The van der Waals surface area contributed by atoms with E-state index in [0.29, 0.717) is 5.82 Å². The van der Waals surface area contributed by atoms with Crippen molar-refractivity contribution in [3.63, 3.8) is 0 Å². The fourth-order valence-electron chi connectivity index (χ4n) is 3.33. The van der Waals surface area contributed by atoms with E-state index in [2.05, 4.69) is 36.6 Å². The van der Waals surface area contributed by atoms with E-state index in [1.165, 1.54) is 57.8 Å². The van der Waals surface area contributed by atoms with Crippen LogP contribution < -0.4 is 10.6 Å². The van der Waals surface area contributed by atoms with Crippen molar-refractivity contribution in [2.24, 2.45) is 0 Å².